The first-order chi connectivity index (χ1) is 8.19. The molecule has 92 valence electrons. The zero-order valence-corrected chi connectivity index (χ0v) is 10.2. The quantitative estimate of drug-likeness (QED) is 0.333. The van der Waals surface area contributed by atoms with Crippen LogP contribution < -0.4 is 11.1 Å². The highest BCUT2D eigenvalue weighted by Gasteiger charge is 2.45. The van der Waals surface area contributed by atoms with Crippen molar-refractivity contribution in [3.63, 3.8) is 0 Å². The Balaban J connectivity index is 2.19. The van der Waals surface area contributed by atoms with E-state index in [4.69, 9.17) is 10.9 Å². The van der Waals surface area contributed by atoms with Crippen LogP contribution in [0.25, 0.3) is 0 Å². The molecule has 17 heavy (non-hydrogen) atoms. The summed E-state index contributed by atoms with van der Waals surface area (Å²) in [7, 11) is 0. The summed E-state index contributed by atoms with van der Waals surface area (Å²) in [6.07, 6.45) is 3.12. The predicted octanol–water partition coefficient (Wildman–Crippen LogP) is 1.99. The van der Waals surface area contributed by atoms with Gasteiger partial charge < -0.3 is 16.3 Å². The van der Waals surface area contributed by atoms with Crippen molar-refractivity contribution in [2.45, 2.75) is 25.7 Å². The van der Waals surface area contributed by atoms with Crippen LogP contribution in [0.2, 0.25) is 0 Å². The summed E-state index contributed by atoms with van der Waals surface area (Å²) < 4.78 is 0. The molecule has 1 aliphatic carbocycles. The lowest BCUT2D eigenvalue weighted by atomic mass is 9.84. The lowest BCUT2D eigenvalue weighted by Crippen LogP contribution is -2.45. The Bertz CT molecular complexity index is 422. The van der Waals surface area contributed by atoms with Crippen molar-refractivity contribution in [2.24, 2.45) is 16.3 Å². The van der Waals surface area contributed by atoms with Crippen molar-refractivity contribution in [1.82, 2.24) is 0 Å². The SMILES string of the molecule is NC(=NO)C1(C(=O)Nc2ccsc2)CCCC1. The smallest absolute Gasteiger partial charge is 0.238 e. The Labute approximate surface area is 103 Å². The summed E-state index contributed by atoms with van der Waals surface area (Å²) >= 11 is 1.51. The Morgan fingerprint density at radius 1 is 1.53 bits per heavy atom. The number of rotatable bonds is 3. The van der Waals surface area contributed by atoms with E-state index in [2.05, 4.69) is 10.5 Å². The highest BCUT2D eigenvalue weighted by Crippen LogP contribution is 2.39. The van der Waals surface area contributed by atoms with Crippen molar-refractivity contribution >= 4 is 28.8 Å². The van der Waals surface area contributed by atoms with Crippen LogP contribution in [-0.2, 0) is 4.79 Å². The molecule has 1 heterocycles. The first-order valence-electron chi connectivity index (χ1n) is 5.51. The first-order valence-corrected chi connectivity index (χ1v) is 6.45. The number of amidine groups is 1. The number of thiophene rings is 1. The second kappa shape index (κ2) is 4.75. The average molecular weight is 253 g/mol. The Morgan fingerprint density at radius 3 is 2.76 bits per heavy atom. The van der Waals surface area contributed by atoms with Crippen LogP contribution in [0, 0.1) is 5.41 Å². The lowest BCUT2D eigenvalue weighted by Gasteiger charge is -2.25. The molecule has 1 fully saturated rings. The molecule has 1 aliphatic rings. The molecule has 0 radical (unpaired) electrons. The van der Waals surface area contributed by atoms with Crippen LogP contribution >= 0.6 is 11.3 Å². The largest absolute Gasteiger partial charge is 0.409 e. The Hall–Kier alpha value is -1.56. The molecule has 1 aromatic heterocycles. The summed E-state index contributed by atoms with van der Waals surface area (Å²) in [6, 6.07) is 1.83. The zero-order valence-electron chi connectivity index (χ0n) is 9.35. The summed E-state index contributed by atoms with van der Waals surface area (Å²) in [4.78, 5) is 12.3. The van der Waals surface area contributed by atoms with Gasteiger partial charge in [0.2, 0.25) is 5.91 Å². The minimum atomic E-state index is -0.837. The highest BCUT2D eigenvalue weighted by atomic mass is 32.1. The number of nitrogens with zero attached hydrogens (tertiary/aromatic N) is 1. The molecular formula is C11H15N3O2S. The van der Waals surface area contributed by atoms with Gasteiger partial charge in [-0.1, -0.05) is 18.0 Å². The molecule has 5 nitrogen and oxygen atoms in total. The van der Waals surface area contributed by atoms with Crippen molar-refractivity contribution in [3.05, 3.63) is 16.8 Å². The number of carbonyl (C=O) groups excluding carboxylic acids is 1. The lowest BCUT2D eigenvalue weighted by molar-refractivity contribution is -0.122. The van der Waals surface area contributed by atoms with Crippen LogP contribution in [0.3, 0.4) is 0 Å². The predicted molar refractivity (Wildman–Crippen MR) is 67.3 cm³/mol. The number of oxime groups is 1. The third kappa shape index (κ3) is 2.12. The van der Waals surface area contributed by atoms with Gasteiger partial charge >= 0.3 is 0 Å². The van der Waals surface area contributed by atoms with E-state index in [1.165, 1.54) is 11.3 Å². The van der Waals surface area contributed by atoms with Gasteiger partial charge in [0.05, 0.1) is 5.69 Å². The van der Waals surface area contributed by atoms with Crippen molar-refractivity contribution in [1.29, 1.82) is 0 Å². The van der Waals surface area contributed by atoms with Crippen molar-refractivity contribution in [2.75, 3.05) is 5.32 Å². The summed E-state index contributed by atoms with van der Waals surface area (Å²) in [5.41, 5.74) is 5.61. The number of carbonyl (C=O) groups is 1. The second-order valence-electron chi connectivity index (χ2n) is 4.24. The first kappa shape index (κ1) is 11.9. The van der Waals surface area contributed by atoms with E-state index < -0.39 is 5.41 Å². The number of hydrogen-bond donors (Lipinski definition) is 3. The number of amides is 1. The summed E-state index contributed by atoms with van der Waals surface area (Å²) in [5.74, 6) is -0.161. The molecule has 6 heteroatoms. The normalized spacial score (nSPS) is 19.2. The van der Waals surface area contributed by atoms with Crippen LogP contribution in [0.5, 0.6) is 0 Å². The molecule has 0 aliphatic heterocycles. The number of anilines is 1. The van der Waals surface area contributed by atoms with Crippen LogP contribution in [0.4, 0.5) is 5.69 Å². The van der Waals surface area contributed by atoms with Gasteiger partial charge in [-0.15, -0.1) is 0 Å². The second-order valence-corrected chi connectivity index (χ2v) is 5.02. The molecule has 1 amide bonds. The molecular weight excluding hydrogens is 238 g/mol. The minimum Gasteiger partial charge on any atom is -0.409 e. The maximum Gasteiger partial charge on any atom is 0.238 e. The monoisotopic (exact) mass is 253 g/mol. The number of hydrogen-bond acceptors (Lipinski definition) is 4. The molecule has 0 atom stereocenters. The van der Waals surface area contributed by atoms with E-state index in [9.17, 15) is 4.79 Å². The highest BCUT2D eigenvalue weighted by molar-refractivity contribution is 7.08. The van der Waals surface area contributed by atoms with Crippen molar-refractivity contribution < 1.29 is 10.0 Å². The molecule has 0 aromatic carbocycles. The van der Waals surface area contributed by atoms with E-state index in [-0.39, 0.29) is 11.7 Å². The maximum atomic E-state index is 12.3. The van der Waals surface area contributed by atoms with Gasteiger partial charge in [-0.05, 0) is 24.3 Å². The molecule has 0 spiro atoms. The summed E-state index contributed by atoms with van der Waals surface area (Å²) in [6.45, 7) is 0. The fourth-order valence-electron chi connectivity index (χ4n) is 2.26. The molecule has 2 rings (SSSR count). The van der Waals surface area contributed by atoms with E-state index >= 15 is 0 Å². The van der Waals surface area contributed by atoms with Gasteiger partial charge in [0.1, 0.15) is 5.41 Å². The van der Waals surface area contributed by atoms with Gasteiger partial charge in [-0.3, -0.25) is 4.79 Å². The van der Waals surface area contributed by atoms with Crippen LogP contribution in [0.1, 0.15) is 25.7 Å². The Kier molecular flexibility index (Phi) is 3.33. The van der Waals surface area contributed by atoms with Gasteiger partial charge in [-0.2, -0.15) is 11.3 Å². The average Bonchev–Trinajstić information content (AvgIpc) is 2.98. The molecule has 0 unspecified atom stereocenters. The number of nitrogens with two attached hydrogens (primary N) is 1. The zero-order chi connectivity index (χ0) is 12.3. The van der Waals surface area contributed by atoms with E-state index in [0.717, 1.165) is 18.5 Å². The molecule has 0 bridgehead atoms. The van der Waals surface area contributed by atoms with E-state index in [1.54, 1.807) is 0 Å². The van der Waals surface area contributed by atoms with Gasteiger partial charge in [0.15, 0.2) is 5.84 Å². The summed E-state index contributed by atoms with van der Waals surface area (Å²) in [5, 5.41) is 18.4. The van der Waals surface area contributed by atoms with Crippen LogP contribution in [-0.4, -0.2) is 17.0 Å². The third-order valence-corrected chi connectivity index (χ3v) is 3.95. The third-order valence-electron chi connectivity index (χ3n) is 3.27. The Morgan fingerprint density at radius 2 is 2.24 bits per heavy atom. The van der Waals surface area contributed by atoms with E-state index in [1.807, 2.05) is 16.8 Å². The number of nitrogens with one attached hydrogen (secondary N) is 1. The standard InChI is InChI=1S/C11H15N3O2S/c12-9(14-16)11(4-1-2-5-11)10(15)13-8-3-6-17-7-8/h3,6-7,16H,1-2,4-5H2,(H2,12,14)(H,13,15). The van der Waals surface area contributed by atoms with Gasteiger partial charge in [0, 0.05) is 5.38 Å². The van der Waals surface area contributed by atoms with Gasteiger partial charge in [-0.25, -0.2) is 0 Å². The maximum absolute atomic E-state index is 12.3. The molecule has 1 saturated carbocycles. The fourth-order valence-corrected chi connectivity index (χ4v) is 2.85. The molecule has 1 aromatic rings. The molecule has 4 N–H and O–H groups in total. The van der Waals surface area contributed by atoms with Gasteiger partial charge in [0.25, 0.3) is 0 Å². The van der Waals surface area contributed by atoms with Crippen molar-refractivity contribution in [3.8, 4) is 0 Å². The minimum absolute atomic E-state index is 0.0164. The van der Waals surface area contributed by atoms with Crippen LogP contribution in [0.15, 0.2) is 22.0 Å². The topological polar surface area (TPSA) is 87.7 Å². The van der Waals surface area contributed by atoms with E-state index in [0.29, 0.717) is 12.8 Å². The molecule has 0 saturated heterocycles. The fraction of sp³-hybridized carbons (Fsp3) is 0.455.